The number of nitrogens with zero attached hydrogens (tertiary/aromatic N) is 1. The molecule has 5 heteroatoms. The van der Waals surface area contributed by atoms with E-state index in [4.69, 9.17) is 16.3 Å². The molecule has 0 aromatic heterocycles. The molecule has 1 atom stereocenters. The molecule has 0 saturated carbocycles. The monoisotopic (exact) mass is 310 g/mol. The van der Waals surface area contributed by atoms with Gasteiger partial charge in [-0.3, -0.25) is 0 Å². The summed E-state index contributed by atoms with van der Waals surface area (Å²) < 4.78 is 5.56. The first kappa shape index (κ1) is 16.0. The van der Waals surface area contributed by atoms with Gasteiger partial charge in [-0.2, -0.15) is 0 Å². The molecule has 0 radical (unpaired) electrons. The van der Waals surface area contributed by atoms with Crippen molar-refractivity contribution < 1.29 is 9.53 Å². The smallest absolute Gasteiger partial charge is 0.317 e. The number of carbonyl (C=O) groups is 1. The molecule has 1 aliphatic rings. The fourth-order valence-electron chi connectivity index (χ4n) is 2.67. The fourth-order valence-corrected chi connectivity index (χ4v) is 2.86. The highest BCUT2D eigenvalue weighted by atomic mass is 35.5. The van der Waals surface area contributed by atoms with Gasteiger partial charge in [-0.15, -0.1) is 0 Å². The molecular weight excluding hydrogens is 288 g/mol. The zero-order chi connectivity index (χ0) is 15.1. The molecule has 21 heavy (non-hydrogen) atoms. The van der Waals surface area contributed by atoms with Crippen LogP contribution in [0, 0.1) is 0 Å². The Morgan fingerprint density at radius 1 is 1.43 bits per heavy atom. The second kappa shape index (κ2) is 8.13. The van der Waals surface area contributed by atoms with Crippen molar-refractivity contribution in [1.82, 2.24) is 10.2 Å². The number of hydrogen-bond acceptors (Lipinski definition) is 2. The van der Waals surface area contributed by atoms with E-state index in [1.54, 1.807) is 6.07 Å². The number of amides is 2. The van der Waals surface area contributed by atoms with Crippen molar-refractivity contribution in [3.05, 3.63) is 29.3 Å². The number of likely N-dealkylation sites (tertiary alicyclic amines) is 1. The van der Waals surface area contributed by atoms with Gasteiger partial charge >= 0.3 is 6.03 Å². The molecule has 1 saturated heterocycles. The van der Waals surface area contributed by atoms with Gasteiger partial charge in [-0.1, -0.05) is 30.7 Å². The Morgan fingerprint density at radius 2 is 2.24 bits per heavy atom. The maximum Gasteiger partial charge on any atom is 0.317 e. The zero-order valence-corrected chi connectivity index (χ0v) is 13.2. The average Bonchev–Trinajstić information content (AvgIpc) is 2.52. The first-order valence-electron chi connectivity index (χ1n) is 7.64. The molecule has 4 nitrogen and oxygen atoms in total. The van der Waals surface area contributed by atoms with Crippen LogP contribution in [0.5, 0.6) is 5.75 Å². The minimum Gasteiger partial charge on any atom is -0.490 e. The van der Waals surface area contributed by atoms with Gasteiger partial charge in [0.25, 0.3) is 0 Å². The standard InChI is InChI=1S/C16H23ClN2O2/c1-2-13-7-5-6-11-19(13)16(20)18-10-12-21-15-9-4-3-8-14(15)17/h3-4,8-9,13H,2,5-7,10-12H2,1H3,(H,18,20). The van der Waals surface area contributed by atoms with Crippen LogP contribution >= 0.6 is 11.6 Å². The molecule has 1 N–H and O–H groups in total. The number of para-hydroxylation sites is 1. The third kappa shape index (κ3) is 4.53. The number of piperidine rings is 1. The third-order valence-corrected chi connectivity index (χ3v) is 4.14. The summed E-state index contributed by atoms with van der Waals surface area (Å²) in [6.45, 7) is 3.89. The Morgan fingerprint density at radius 3 is 3.00 bits per heavy atom. The molecule has 1 heterocycles. The number of carbonyl (C=O) groups excluding carboxylic acids is 1. The van der Waals surface area contributed by atoms with Crippen molar-refractivity contribution in [1.29, 1.82) is 0 Å². The summed E-state index contributed by atoms with van der Waals surface area (Å²) in [7, 11) is 0. The van der Waals surface area contributed by atoms with E-state index in [0.717, 1.165) is 25.8 Å². The normalized spacial score (nSPS) is 18.4. The summed E-state index contributed by atoms with van der Waals surface area (Å²) in [5.41, 5.74) is 0. The van der Waals surface area contributed by atoms with Crippen molar-refractivity contribution in [3.8, 4) is 5.75 Å². The molecule has 1 fully saturated rings. The summed E-state index contributed by atoms with van der Waals surface area (Å²) in [4.78, 5) is 14.1. The molecule has 1 aromatic carbocycles. The Balaban J connectivity index is 1.73. The van der Waals surface area contributed by atoms with E-state index in [-0.39, 0.29) is 6.03 Å². The van der Waals surface area contributed by atoms with Crippen LogP contribution in [0.1, 0.15) is 32.6 Å². The average molecular weight is 311 g/mol. The molecule has 2 rings (SSSR count). The highest BCUT2D eigenvalue weighted by Crippen LogP contribution is 2.23. The van der Waals surface area contributed by atoms with Crippen LogP contribution in [0.4, 0.5) is 4.79 Å². The van der Waals surface area contributed by atoms with Crippen molar-refractivity contribution in [2.75, 3.05) is 19.7 Å². The molecule has 2 amide bonds. The highest BCUT2D eigenvalue weighted by molar-refractivity contribution is 6.32. The molecular formula is C16H23ClN2O2. The fraction of sp³-hybridized carbons (Fsp3) is 0.562. The van der Waals surface area contributed by atoms with Crippen LogP contribution in [-0.4, -0.2) is 36.7 Å². The van der Waals surface area contributed by atoms with Gasteiger partial charge < -0.3 is 15.0 Å². The van der Waals surface area contributed by atoms with E-state index in [9.17, 15) is 4.79 Å². The lowest BCUT2D eigenvalue weighted by molar-refractivity contribution is 0.147. The summed E-state index contributed by atoms with van der Waals surface area (Å²) in [6.07, 6.45) is 4.45. The zero-order valence-electron chi connectivity index (χ0n) is 12.5. The summed E-state index contributed by atoms with van der Waals surface area (Å²) in [6, 6.07) is 7.74. The molecule has 1 aliphatic heterocycles. The number of rotatable bonds is 5. The first-order valence-corrected chi connectivity index (χ1v) is 8.02. The van der Waals surface area contributed by atoms with Gasteiger partial charge in [0.05, 0.1) is 11.6 Å². The highest BCUT2D eigenvalue weighted by Gasteiger charge is 2.24. The van der Waals surface area contributed by atoms with Crippen molar-refractivity contribution in [2.45, 2.75) is 38.6 Å². The van der Waals surface area contributed by atoms with Crippen LogP contribution in [0.2, 0.25) is 5.02 Å². The molecule has 0 bridgehead atoms. The first-order chi connectivity index (χ1) is 10.2. The van der Waals surface area contributed by atoms with Crippen molar-refractivity contribution in [3.63, 3.8) is 0 Å². The van der Waals surface area contributed by atoms with Gasteiger partial charge in [-0.25, -0.2) is 4.79 Å². The molecule has 0 spiro atoms. The molecule has 0 aliphatic carbocycles. The lowest BCUT2D eigenvalue weighted by atomic mass is 10.0. The maximum atomic E-state index is 12.2. The number of halogens is 1. The number of nitrogens with one attached hydrogen (secondary N) is 1. The van der Waals surface area contributed by atoms with Crippen LogP contribution < -0.4 is 10.1 Å². The largest absolute Gasteiger partial charge is 0.490 e. The number of hydrogen-bond donors (Lipinski definition) is 1. The van der Waals surface area contributed by atoms with E-state index in [1.807, 2.05) is 23.1 Å². The number of urea groups is 1. The third-order valence-electron chi connectivity index (χ3n) is 3.83. The van der Waals surface area contributed by atoms with E-state index >= 15 is 0 Å². The summed E-state index contributed by atoms with van der Waals surface area (Å²) in [5.74, 6) is 0.651. The number of benzene rings is 1. The Bertz CT molecular complexity index is 467. The van der Waals surface area contributed by atoms with E-state index in [1.165, 1.54) is 6.42 Å². The van der Waals surface area contributed by atoms with Gasteiger partial charge in [0.1, 0.15) is 12.4 Å². The lowest BCUT2D eigenvalue weighted by Gasteiger charge is -2.35. The van der Waals surface area contributed by atoms with Crippen molar-refractivity contribution in [2.24, 2.45) is 0 Å². The van der Waals surface area contributed by atoms with E-state index < -0.39 is 0 Å². The topological polar surface area (TPSA) is 41.6 Å². The maximum absolute atomic E-state index is 12.2. The predicted molar refractivity (Wildman–Crippen MR) is 85.0 cm³/mol. The quantitative estimate of drug-likeness (QED) is 0.843. The summed E-state index contributed by atoms with van der Waals surface area (Å²) in [5, 5.41) is 3.51. The Hall–Kier alpha value is -1.42. The molecule has 1 unspecified atom stereocenters. The second-order valence-corrected chi connectivity index (χ2v) is 5.67. The van der Waals surface area contributed by atoms with Gasteiger partial charge in [0, 0.05) is 12.6 Å². The number of ether oxygens (including phenoxy) is 1. The minimum absolute atomic E-state index is 0.0179. The SMILES string of the molecule is CCC1CCCCN1C(=O)NCCOc1ccccc1Cl. The Kier molecular flexibility index (Phi) is 6.18. The Labute approximate surface area is 131 Å². The van der Waals surface area contributed by atoms with Gasteiger partial charge in [0.2, 0.25) is 0 Å². The molecule has 116 valence electrons. The summed E-state index contributed by atoms with van der Waals surface area (Å²) >= 11 is 6.00. The van der Waals surface area contributed by atoms with E-state index in [0.29, 0.717) is 30.0 Å². The second-order valence-electron chi connectivity index (χ2n) is 5.26. The van der Waals surface area contributed by atoms with Crippen molar-refractivity contribution >= 4 is 17.6 Å². The predicted octanol–water partition coefficient (Wildman–Crippen LogP) is 3.69. The van der Waals surface area contributed by atoms with E-state index in [2.05, 4.69) is 12.2 Å². The van der Waals surface area contributed by atoms with Gasteiger partial charge in [-0.05, 0) is 37.8 Å². The van der Waals surface area contributed by atoms with Crippen LogP contribution in [-0.2, 0) is 0 Å². The van der Waals surface area contributed by atoms with Crippen LogP contribution in [0.3, 0.4) is 0 Å². The molecule has 1 aromatic rings. The van der Waals surface area contributed by atoms with Gasteiger partial charge in [0.15, 0.2) is 0 Å². The minimum atomic E-state index is 0.0179. The lowest BCUT2D eigenvalue weighted by Crippen LogP contribution is -2.49. The van der Waals surface area contributed by atoms with Crippen LogP contribution in [0.25, 0.3) is 0 Å². The van der Waals surface area contributed by atoms with Crippen LogP contribution in [0.15, 0.2) is 24.3 Å².